The molecule has 2 N–H and O–H groups in total. The predicted molar refractivity (Wildman–Crippen MR) is 95.8 cm³/mol. The van der Waals surface area contributed by atoms with Crippen molar-refractivity contribution in [2.75, 3.05) is 0 Å². The van der Waals surface area contributed by atoms with Crippen molar-refractivity contribution in [2.24, 2.45) is 17.3 Å². The quantitative estimate of drug-likeness (QED) is 0.531. The van der Waals surface area contributed by atoms with Crippen LogP contribution in [0.1, 0.15) is 10.5 Å². The van der Waals surface area contributed by atoms with Gasteiger partial charge >= 0.3 is 5.91 Å². The van der Waals surface area contributed by atoms with Gasteiger partial charge in [-0.2, -0.15) is 5.10 Å². The molecule has 0 radical (unpaired) electrons. The summed E-state index contributed by atoms with van der Waals surface area (Å²) in [6.07, 6.45) is 0. The summed E-state index contributed by atoms with van der Waals surface area (Å²) in [4.78, 5) is 27.2. The van der Waals surface area contributed by atoms with Crippen molar-refractivity contribution in [3.8, 4) is 5.88 Å². The van der Waals surface area contributed by atoms with Gasteiger partial charge in [0.05, 0.1) is 10.9 Å². The number of aromatic hydroxyl groups is 1. The largest absolute Gasteiger partial charge is 0.493 e. The summed E-state index contributed by atoms with van der Waals surface area (Å²) in [5, 5.41) is 22.5. The minimum absolute atomic E-state index is 0.00692. The highest BCUT2D eigenvalue weighted by Crippen LogP contribution is 2.35. The zero-order chi connectivity index (χ0) is 19.1. The number of halogens is 1. The molecule has 27 heavy (non-hydrogen) atoms. The number of fused-ring (bicyclic) bond motifs is 2. The monoisotopic (exact) mass is 365 g/mol. The number of amides is 1. The van der Waals surface area contributed by atoms with Crippen LogP contribution < -0.4 is 5.56 Å². The molecule has 0 saturated heterocycles. The Kier molecular flexibility index (Phi) is 3.76. The molecule has 0 saturated carbocycles. The lowest BCUT2D eigenvalue weighted by Gasteiger charge is -2.04. The van der Waals surface area contributed by atoms with Gasteiger partial charge < -0.3 is 10.1 Å². The number of aromatic nitrogens is 3. The maximum Gasteiger partial charge on any atom is 0.316 e. The van der Waals surface area contributed by atoms with Gasteiger partial charge in [-0.3, -0.25) is 9.59 Å². The fraction of sp³-hybridized carbons (Fsp3) is 0.0556. The van der Waals surface area contributed by atoms with Crippen molar-refractivity contribution in [2.45, 2.75) is 0 Å². The van der Waals surface area contributed by atoms with Gasteiger partial charge in [0, 0.05) is 17.8 Å². The van der Waals surface area contributed by atoms with E-state index in [1.165, 1.54) is 25.2 Å². The molecule has 0 atom stereocenters. The van der Waals surface area contributed by atoms with Gasteiger partial charge in [-0.25, -0.2) is 9.07 Å². The predicted octanol–water partition coefficient (Wildman–Crippen LogP) is 3.18. The Balaban J connectivity index is 1.80. The highest BCUT2D eigenvalue weighted by atomic mass is 19.1. The fourth-order valence-corrected chi connectivity index (χ4v) is 2.84. The van der Waals surface area contributed by atoms with Crippen LogP contribution in [-0.4, -0.2) is 25.8 Å². The molecule has 1 amide bonds. The van der Waals surface area contributed by atoms with Crippen molar-refractivity contribution in [3.63, 3.8) is 0 Å². The van der Waals surface area contributed by atoms with Crippen LogP contribution in [0.3, 0.4) is 0 Å². The van der Waals surface area contributed by atoms with E-state index in [1.807, 2.05) is 0 Å². The molecule has 0 aliphatic heterocycles. The standard InChI is InChI=1S/C18H12FN5O3/c1-24-18(27)11-5-3-2-4-10(11)15(23-24)17(26)22-21-14-12-7-6-9(19)8-13(12)20-16(14)25/h2-8,20,25H,1H3. The second-order valence-electron chi connectivity index (χ2n) is 5.84. The molecule has 0 aliphatic rings. The van der Waals surface area contributed by atoms with Crippen molar-refractivity contribution in [1.29, 1.82) is 0 Å². The topological polar surface area (TPSA) is 113 Å². The van der Waals surface area contributed by atoms with Crippen LogP contribution in [0.2, 0.25) is 0 Å². The van der Waals surface area contributed by atoms with Crippen molar-refractivity contribution < 1.29 is 14.3 Å². The molecule has 4 aromatic rings. The number of azo groups is 1. The average molecular weight is 365 g/mol. The minimum atomic E-state index is -0.780. The van der Waals surface area contributed by atoms with Gasteiger partial charge in [0.25, 0.3) is 5.56 Å². The molecular weight excluding hydrogens is 353 g/mol. The number of nitrogens with zero attached hydrogens (tertiary/aromatic N) is 4. The Morgan fingerprint density at radius 1 is 1.19 bits per heavy atom. The number of nitrogens with one attached hydrogen (secondary N) is 1. The SMILES string of the molecule is Cn1nc(C(=O)N=Nc2c(O)[nH]c3cc(F)ccc23)c2ccccc2c1=O. The van der Waals surface area contributed by atoms with E-state index in [4.69, 9.17) is 0 Å². The summed E-state index contributed by atoms with van der Waals surface area (Å²) in [6, 6.07) is 10.4. The number of aryl methyl sites for hydroxylation is 1. The smallest absolute Gasteiger partial charge is 0.316 e. The lowest BCUT2D eigenvalue weighted by atomic mass is 10.1. The first-order valence-electron chi connectivity index (χ1n) is 7.88. The van der Waals surface area contributed by atoms with E-state index in [0.717, 1.165) is 4.68 Å². The summed E-state index contributed by atoms with van der Waals surface area (Å²) >= 11 is 0. The van der Waals surface area contributed by atoms with Gasteiger partial charge in [0.2, 0.25) is 5.88 Å². The third-order valence-corrected chi connectivity index (χ3v) is 4.11. The number of hydrogen-bond donors (Lipinski definition) is 2. The van der Waals surface area contributed by atoms with Crippen LogP contribution in [0.25, 0.3) is 21.7 Å². The molecule has 134 valence electrons. The molecule has 4 rings (SSSR count). The van der Waals surface area contributed by atoms with Crippen molar-refractivity contribution in [3.05, 3.63) is 64.3 Å². The first-order chi connectivity index (χ1) is 13.0. The molecule has 8 nitrogen and oxygen atoms in total. The second-order valence-corrected chi connectivity index (χ2v) is 5.84. The van der Waals surface area contributed by atoms with Gasteiger partial charge in [0.15, 0.2) is 11.4 Å². The van der Waals surface area contributed by atoms with Crippen LogP contribution in [0.4, 0.5) is 10.1 Å². The maximum atomic E-state index is 13.3. The Labute approximate surface area is 150 Å². The highest BCUT2D eigenvalue weighted by molar-refractivity contribution is 6.05. The van der Waals surface area contributed by atoms with Gasteiger partial charge in [-0.05, 0) is 24.3 Å². The summed E-state index contributed by atoms with van der Waals surface area (Å²) in [5.74, 6) is -1.60. The Morgan fingerprint density at radius 3 is 2.70 bits per heavy atom. The van der Waals surface area contributed by atoms with E-state index in [-0.39, 0.29) is 22.8 Å². The molecule has 0 bridgehead atoms. The molecule has 9 heteroatoms. The first-order valence-corrected chi connectivity index (χ1v) is 7.88. The Morgan fingerprint density at radius 2 is 1.93 bits per heavy atom. The fourth-order valence-electron chi connectivity index (χ4n) is 2.84. The number of carbonyl (C=O) groups is 1. The van der Waals surface area contributed by atoms with Gasteiger partial charge in [-0.1, -0.05) is 18.2 Å². The van der Waals surface area contributed by atoms with Crippen LogP contribution in [0, 0.1) is 5.82 Å². The number of H-pyrrole nitrogens is 1. The molecule has 0 aliphatic carbocycles. The number of benzene rings is 2. The number of rotatable bonds is 2. The Hall–Kier alpha value is -3.88. The molecule has 2 aromatic carbocycles. The van der Waals surface area contributed by atoms with Crippen LogP contribution >= 0.6 is 0 Å². The lowest BCUT2D eigenvalue weighted by molar-refractivity contribution is 0.0990. The molecule has 2 aromatic heterocycles. The summed E-state index contributed by atoms with van der Waals surface area (Å²) < 4.78 is 14.3. The van der Waals surface area contributed by atoms with E-state index >= 15 is 0 Å². The van der Waals surface area contributed by atoms with Crippen molar-refractivity contribution >= 4 is 33.3 Å². The second kappa shape index (κ2) is 6.13. The van der Waals surface area contributed by atoms with E-state index in [9.17, 15) is 19.1 Å². The van der Waals surface area contributed by atoms with Gasteiger partial charge in [0.1, 0.15) is 5.82 Å². The van der Waals surface area contributed by atoms with E-state index < -0.39 is 11.7 Å². The molecule has 2 heterocycles. The Bertz CT molecular complexity index is 1310. The number of aromatic amines is 1. The first kappa shape index (κ1) is 16.6. The zero-order valence-corrected chi connectivity index (χ0v) is 14.0. The number of hydrogen-bond acceptors (Lipinski definition) is 5. The molecule has 0 unspecified atom stereocenters. The van der Waals surface area contributed by atoms with E-state index in [0.29, 0.717) is 21.7 Å². The average Bonchev–Trinajstić information content (AvgIpc) is 2.96. The highest BCUT2D eigenvalue weighted by Gasteiger charge is 2.16. The summed E-state index contributed by atoms with van der Waals surface area (Å²) in [6.45, 7) is 0. The van der Waals surface area contributed by atoms with Crippen molar-refractivity contribution in [1.82, 2.24) is 14.8 Å². The van der Waals surface area contributed by atoms with E-state index in [1.54, 1.807) is 24.3 Å². The lowest BCUT2D eigenvalue weighted by Crippen LogP contribution is -2.22. The number of carbonyl (C=O) groups excluding carboxylic acids is 1. The summed E-state index contributed by atoms with van der Waals surface area (Å²) in [5.41, 5.74) is -0.0516. The molecular formula is C18H12FN5O3. The van der Waals surface area contributed by atoms with Crippen LogP contribution in [0.5, 0.6) is 5.88 Å². The minimum Gasteiger partial charge on any atom is -0.493 e. The zero-order valence-electron chi connectivity index (χ0n) is 14.0. The van der Waals surface area contributed by atoms with Crippen LogP contribution in [0.15, 0.2) is 57.5 Å². The van der Waals surface area contributed by atoms with E-state index in [2.05, 4.69) is 20.3 Å². The maximum absolute atomic E-state index is 13.3. The molecule has 0 spiro atoms. The molecule has 0 fully saturated rings. The third-order valence-electron chi connectivity index (χ3n) is 4.11. The summed E-state index contributed by atoms with van der Waals surface area (Å²) in [7, 11) is 1.43. The van der Waals surface area contributed by atoms with Gasteiger partial charge in [-0.15, -0.1) is 10.2 Å². The normalized spacial score (nSPS) is 11.6. The van der Waals surface area contributed by atoms with Crippen LogP contribution in [-0.2, 0) is 7.05 Å². The third kappa shape index (κ3) is 2.74.